The highest BCUT2D eigenvalue weighted by Crippen LogP contribution is 2.27. The lowest BCUT2D eigenvalue weighted by Gasteiger charge is -2.13. The van der Waals surface area contributed by atoms with Gasteiger partial charge in [0.05, 0.1) is 24.0 Å². The minimum atomic E-state index is -0.378. The van der Waals surface area contributed by atoms with Crippen molar-refractivity contribution in [3.63, 3.8) is 0 Å². The van der Waals surface area contributed by atoms with E-state index in [1.165, 1.54) is 7.11 Å². The number of para-hydroxylation sites is 1. The van der Waals surface area contributed by atoms with E-state index in [9.17, 15) is 4.79 Å². The first-order chi connectivity index (χ1) is 11.1. The molecule has 5 heteroatoms. The first-order valence-electron chi connectivity index (χ1n) is 7.28. The number of methoxy groups -OCH3 is 1. The van der Waals surface area contributed by atoms with Gasteiger partial charge in [0.25, 0.3) is 0 Å². The zero-order chi connectivity index (χ0) is 16.4. The number of nitrogens with one attached hydrogen (secondary N) is 1. The van der Waals surface area contributed by atoms with Crippen LogP contribution in [0.1, 0.15) is 21.7 Å². The van der Waals surface area contributed by atoms with E-state index in [1.807, 2.05) is 44.2 Å². The number of aryl methyl sites for hydroxylation is 2. The third kappa shape index (κ3) is 2.99. The van der Waals surface area contributed by atoms with E-state index >= 15 is 0 Å². The molecule has 5 nitrogen and oxygen atoms in total. The number of esters is 1. The van der Waals surface area contributed by atoms with Gasteiger partial charge in [-0.3, -0.25) is 0 Å². The van der Waals surface area contributed by atoms with Gasteiger partial charge in [-0.05, 0) is 44.2 Å². The summed E-state index contributed by atoms with van der Waals surface area (Å²) in [5.74, 6) is -0.378. The molecule has 3 aromatic rings. The Morgan fingerprint density at radius 2 is 1.74 bits per heavy atom. The van der Waals surface area contributed by atoms with Gasteiger partial charge in [0, 0.05) is 16.8 Å². The minimum absolute atomic E-state index is 0.378. The van der Waals surface area contributed by atoms with Crippen LogP contribution in [0.15, 0.2) is 42.5 Å². The second kappa shape index (κ2) is 6.04. The summed E-state index contributed by atoms with van der Waals surface area (Å²) in [5, 5.41) is 4.21. The van der Waals surface area contributed by atoms with Gasteiger partial charge in [0.1, 0.15) is 0 Å². The highest BCUT2D eigenvalue weighted by Gasteiger charge is 2.13. The molecule has 2 heterocycles. The van der Waals surface area contributed by atoms with Gasteiger partial charge in [-0.1, -0.05) is 12.1 Å². The molecule has 0 amide bonds. The number of aromatic nitrogens is 2. The van der Waals surface area contributed by atoms with Crippen LogP contribution in [-0.2, 0) is 4.74 Å². The van der Waals surface area contributed by atoms with Gasteiger partial charge < -0.3 is 10.1 Å². The molecule has 0 saturated heterocycles. The molecule has 0 fully saturated rings. The van der Waals surface area contributed by atoms with Gasteiger partial charge in [-0.25, -0.2) is 14.8 Å². The van der Waals surface area contributed by atoms with E-state index in [1.54, 1.807) is 12.1 Å². The maximum atomic E-state index is 11.9. The summed E-state index contributed by atoms with van der Waals surface area (Å²) in [6.07, 6.45) is 0. The summed E-state index contributed by atoms with van der Waals surface area (Å²) in [4.78, 5) is 20.9. The third-order valence-electron chi connectivity index (χ3n) is 3.54. The molecular formula is C18H17N3O2. The fourth-order valence-electron chi connectivity index (χ4n) is 2.45. The van der Waals surface area contributed by atoms with Crippen LogP contribution in [0, 0.1) is 13.8 Å². The van der Waals surface area contributed by atoms with Crippen molar-refractivity contribution in [3.8, 4) is 0 Å². The number of anilines is 2. The fourth-order valence-corrected chi connectivity index (χ4v) is 2.45. The number of rotatable bonds is 3. The summed E-state index contributed by atoms with van der Waals surface area (Å²) >= 11 is 0. The number of ether oxygens (including phenoxy) is 1. The lowest BCUT2D eigenvalue weighted by molar-refractivity contribution is 0.0602. The number of pyridine rings is 2. The van der Waals surface area contributed by atoms with Crippen molar-refractivity contribution in [2.24, 2.45) is 0 Å². The fraction of sp³-hybridized carbons (Fsp3) is 0.167. The Morgan fingerprint density at radius 1 is 1.00 bits per heavy atom. The van der Waals surface area contributed by atoms with Crippen molar-refractivity contribution in [2.75, 3.05) is 12.4 Å². The van der Waals surface area contributed by atoms with E-state index in [0.717, 1.165) is 22.5 Å². The largest absolute Gasteiger partial charge is 0.465 e. The molecule has 0 aliphatic carbocycles. The van der Waals surface area contributed by atoms with Crippen LogP contribution in [0.25, 0.3) is 11.0 Å². The van der Waals surface area contributed by atoms with Crippen LogP contribution in [0.2, 0.25) is 0 Å². The summed E-state index contributed by atoms with van der Waals surface area (Å²) in [6.45, 7) is 3.85. The Balaban J connectivity index is 2.11. The molecule has 0 bridgehead atoms. The van der Waals surface area contributed by atoms with Crippen LogP contribution < -0.4 is 5.32 Å². The average Bonchev–Trinajstić information content (AvgIpc) is 2.54. The molecule has 0 spiro atoms. The van der Waals surface area contributed by atoms with E-state index in [4.69, 9.17) is 4.74 Å². The summed E-state index contributed by atoms with van der Waals surface area (Å²) in [5.41, 5.74) is 4.48. The van der Waals surface area contributed by atoms with Crippen LogP contribution in [0.4, 0.5) is 11.4 Å². The normalized spacial score (nSPS) is 10.6. The van der Waals surface area contributed by atoms with E-state index in [-0.39, 0.29) is 5.97 Å². The second-order valence-corrected chi connectivity index (χ2v) is 5.30. The Labute approximate surface area is 134 Å². The van der Waals surface area contributed by atoms with Crippen LogP contribution >= 0.6 is 0 Å². The van der Waals surface area contributed by atoms with Crippen molar-refractivity contribution in [3.05, 3.63) is 59.4 Å². The lowest BCUT2D eigenvalue weighted by Crippen LogP contribution is -2.06. The van der Waals surface area contributed by atoms with Crippen LogP contribution in [-0.4, -0.2) is 23.0 Å². The molecular weight excluding hydrogens is 290 g/mol. The van der Waals surface area contributed by atoms with Gasteiger partial charge in [-0.2, -0.15) is 0 Å². The first kappa shape index (κ1) is 15.0. The van der Waals surface area contributed by atoms with E-state index < -0.39 is 0 Å². The molecule has 116 valence electrons. The number of hydrogen-bond donors (Lipinski definition) is 1. The quantitative estimate of drug-likeness (QED) is 0.746. The topological polar surface area (TPSA) is 64.1 Å². The standard InChI is InChI=1S/C18H17N3O2/c1-11-8-9-13-16(10-12(2)20-17(13)19-11)21-15-7-5-4-6-14(15)18(22)23-3/h4-10H,1-3H3,(H,19,20,21). The summed E-state index contributed by atoms with van der Waals surface area (Å²) in [6, 6.07) is 13.1. The molecule has 0 saturated carbocycles. The minimum Gasteiger partial charge on any atom is -0.465 e. The second-order valence-electron chi connectivity index (χ2n) is 5.30. The number of benzene rings is 1. The van der Waals surface area contributed by atoms with Crippen molar-refractivity contribution in [1.29, 1.82) is 0 Å². The predicted octanol–water partition coefficient (Wildman–Crippen LogP) is 3.78. The van der Waals surface area contributed by atoms with E-state index in [2.05, 4.69) is 15.3 Å². The summed E-state index contributed by atoms with van der Waals surface area (Å²) in [7, 11) is 1.37. The SMILES string of the molecule is COC(=O)c1ccccc1Nc1cc(C)nc2nc(C)ccc12. The monoisotopic (exact) mass is 307 g/mol. The van der Waals surface area contributed by atoms with Gasteiger partial charge in [0.2, 0.25) is 0 Å². The van der Waals surface area contributed by atoms with Gasteiger partial charge >= 0.3 is 5.97 Å². The maximum Gasteiger partial charge on any atom is 0.339 e. The molecule has 23 heavy (non-hydrogen) atoms. The number of carbonyl (C=O) groups excluding carboxylic acids is 1. The van der Waals surface area contributed by atoms with Gasteiger partial charge in [0.15, 0.2) is 5.65 Å². The predicted molar refractivity (Wildman–Crippen MR) is 90.1 cm³/mol. The van der Waals surface area contributed by atoms with Crippen molar-refractivity contribution in [1.82, 2.24) is 9.97 Å². The lowest BCUT2D eigenvalue weighted by atomic mass is 10.1. The Kier molecular flexibility index (Phi) is 3.93. The molecule has 0 aliphatic rings. The van der Waals surface area contributed by atoms with Crippen molar-refractivity contribution in [2.45, 2.75) is 13.8 Å². The number of carbonyl (C=O) groups is 1. The highest BCUT2D eigenvalue weighted by molar-refractivity contribution is 5.99. The zero-order valence-electron chi connectivity index (χ0n) is 13.3. The van der Waals surface area contributed by atoms with E-state index in [0.29, 0.717) is 16.9 Å². The molecule has 3 rings (SSSR count). The average molecular weight is 307 g/mol. The maximum absolute atomic E-state index is 11.9. The molecule has 0 aliphatic heterocycles. The van der Waals surface area contributed by atoms with Crippen molar-refractivity contribution < 1.29 is 9.53 Å². The summed E-state index contributed by atoms with van der Waals surface area (Å²) < 4.78 is 4.84. The van der Waals surface area contributed by atoms with Crippen LogP contribution in [0.5, 0.6) is 0 Å². The molecule has 1 N–H and O–H groups in total. The molecule has 1 aromatic carbocycles. The smallest absolute Gasteiger partial charge is 0.339 e. The first-order valence-corrected chi connectivity index (χ1v) is 7.28. The van der Waals surface area contributed by atoms with Crippen molar-refractivity contribution >= 4 is 28.4 Å². The number of nitrogens with zero attached hydrogens (tertiary/aromatic N) is 2. The number of fused-ring (bicyclic) bond motifs is 1. The third-order valence-corrected chi connectivity index (χ3v) is 3.54. The molecule has 0 unspecified atom stereocenters. The molecule has 0 radical (unpaired) electrons. The van der Waals surface area contributed by atoms with Gasteiger partial charge in [-0.15, -0.1) is 0 Å². The zero-order valence-corrected chi connectivity index (χ0v) is 13.3. The molecule has 0 atom stereocenters. The highest BCUT2D eigenvalue weighted by atomic mass is 16.5. The van der Waals surface area contributed by atoms with Crippen LogP contribution in [0.3, 0.4) is 0 Å². The Morgan fingerprint density at radius 3 is 2.52 bits per heavy atom. The number of hydrogen-bond acceptors (Lipinski definition) is 5. The Hall–Kier alpha value is -2.95. The Bertz CT molecular complexity index is 885. The molecule has 2 aromatic heterocycles.